The summed E-state index contributed by atoms with van der Waals surface area (Å²) in [5.41, 5.74) is 0.949. The topological polar surface area (TPSA) is 40.7 Å². The summed E-state index contributed by atoms with van der Waals surface area (Å²) >= 11 is 6.01. The molecular weight excluding hydrogens is 222 g/mol. The van der Waals surface area contributed by atoms with Crippen molar-refractivity contribution in [3.8, 4) is 12.3 Å². The van der Waals surface area contributed by atoms with Gasteiger partial charge in [-0.15, -0.1) is 12.3 Å². The summed E-state index contributed by atoms with van der Waals surface area (Å²) in [4.78, 5) is 7.51. The second-order valence-electron chi connectivity index (χ2n) is 3.69. The largest absolute Gasteiger partial charge is 0.344 e. The fraction of sp³-hybridized carbons (Fsp3) is 0.583. The van der Waals surface area contributed by atoms with Gasteiger partial charge in [0.2, 0.25) is 0 Å². The van der Waals surface area contributed by atoms with Gasteiger partial charge in [0, 0.05) is 25.9 Å². The van der Waals surface area contributed by atoms with Crippen molar-refractivity contribution < 1.29 is 0 Å². The molecule has 2 N–H and O–H groups in total. The fourth-order valence-corrected chi connectivity index (χ4v) is 1.61. The van der Waals surface area contributed by atoms with Gasteiger partial charge < -0.3 is 10.3 Å². The summed E-state index contributed by atoms with van der Waals surface area (Å²) in [6, 6.07) is 0. The third-order valence-corrected chi connectivity index (χ3v) is 2.60. The Morgan fingerprint density at radius 3 is 3.06 bits per heavy atom. The number of hydrogen-bond donors (Lipinski definition) is 2. The Morgan fingerprint density at radius 2 is 2.38 bits per heavy atom. The second kappa shape index (κ2) is 7.32. The first-order valence-corrected chi connectivity index (χ1v) is 6.03. The zero-order valence-electron chi connectivity index (χ0n) is 9.65. The van der Waals surface area contributed by atoms with Crippen LogP contribution in [0, 0.1) is 12.3 Å². The molecule has 0 saturated heterocycles. The molecule has 0 aliphatic heterocycles. The zero-order valence-corrected chi connectivity index (χ0v) is 10.4. The van der Waals surface area contributed by atoms with E-state index in [9.17, 15) is 0 Å². The molecular formula is C12H18ClN3. The van der Waals surface area contributed by atoms with E-state index in [0.717, 1.165) is 43.7 Å². The lowest BCUT2D eigenvalue weighted by atomic mass is 10.2. The van der Waals surface area contributed by atoms with Crippen molar-refractivity contribution >= 4 is 11.6 Å². The van der Waals surface area contributed by atoms with Gasteiger partial charge in [-0.05, 0) is 6.42 Å². The van der Waals surface area contributed by atoms with Gasteiger partial charge in [0.05, 0.1) is 5.69 Å². The number of hydrogen-bond acceptors (Lipinski definition) is 2. The third kappa shape index (κ3) is 4.26. The van der Waals surface area contributed by atoms with E-state index in [2.05, 4.69) is 28.1 Å². The molecule has 1 aromatic heterocycles. The molecule has 0 saturated carbocycles. The van der Waals surface area contributed by atoms with E-state index in [-0.39, 0.29) is 0 Å². The van der Waals surface area contributed by atoms with Crippen LogP contribution in [0.4, 0.5) is 0 Å². The molecule has 0 amide bonds. The first kappa shape index (κ1) is 13.1. The number of nitrogens with one attached hydrogen (secondary N) is 2. The number of imidazole rings is 1. The quantitative estimate of drug-likeness (QED) is 0.567. The number of aromatic nitrogens is 2. The van der Waals surface area contributed by atoms with Gasteiger partial charge in [-0.1, -0.05) is 24.9 Å². The molecule has 0 aliphatic carbocycles. The first-order valence-electron chi connectivity index (χ1n) is 5.65. The molecule has 0 aromatic carbocycles. The summed E-state index contributed by atoms with van der Waals surface area (Å²) < 4.78 is 0. The average Bonchev–Trinajstić information content (AvgIpc) is 2.63. The maximum absolute atomic E-state index is 6.01. The molecule has 3 nitrogen and oxygen atoms in total. The Morgan fingerprint density at radius 1 is 1.56 bits per heavy atom. The highest BCUT2D eigenvalue weighted by atomic mass is 35.5. The number of halogens is 1. The number of unbranched alkanes of at least 4 members (excludes halogenated alkanes) is 1. The average molecular weight is 240 g/mol. The van der Waals surface area contributed by atoms with Crippen LogP contribution < -0.4 is 5.32 Å². The van der Waals surface area contributed by atoms with Gasteiger partial charge in [-0.3, -0.25) is 0 Å². The van der Waals surface area contributed by atoms with Crippen LogP contribution in [0.2, 0.25) is 5.15 Å². The van der Waals surface area contributed by atoms with Gasteiger partial charge in [0.25, 0.3) is 0 Å². The summed E-state index contributed by atoms with van der Waals surface area (Å²) in [5, 5.41) is 3.78. The lowest BCUT2D eigenvalue weighted by Crippen LogP contribution is -2.14. The van der Waals surface area contributed by atoms with Crippen LogP contribution in [0.1, 0.15) is 37.7 Å². The van der Waals surface area contributed by atoms with Crippen LogP contribution in [-0.4, -0.2) is 16.5 Å². The number of H-pyrrole nitrogens is 1. The maximum atomic E-state index is 6.01. The van der Waals surface area contributed by atoms with Crippen molar-refractivity contribution in [2.75, 3.05) is 6.54 Å². The lowest BCUT2D eigenvalue weighted by molar-refractivity contribution is 0.686. The van der Waals surface area contributed by atoms with Gasteiger partial charge in [-0.25, -0.2) is 4.98 Å². The van der Waals surface area contributed by atoms with Gasteiger partial charge in [0.1, 0.15) is 5.82 Å². The van der Waals surface area contributed by atoms with Crippen molar-refractivity contribution in [1.82, 2.24) is 15.3 Å². The van der Waals surface area contributed by atoms with Gasteiger partial charge in [0.15, 0.2) is 5.15 Å². The third-order valence-electron chi connectivity index (χ3n) is 2.29. The van der Waals surface area contributed by atoms with Crippen LogP contribution in [0.25, 0.3) is 0 Å². The van der Waals surface area contributed by atoms with E-state index < -0.39 is 0 Å². The number of terminal acetylenes is 1. The van der Waals surface area contributed by atoms with E-state index >= 15 is 0 Å². The van der Waals surface area contributed by atoms with Gasteiger partial charge >= 0.3 is 0 Å². The number of rotatable bonds is 7. The molecule has 16 heavy (non-hydrogen) atoms. The van der Waals surface area contributed by atoms with Crippen molar-refractivity contribution in [3.63, 3.8) is 0 Å². The second-order valence-corrected chi connectivity index (χ2v) is 4.05. The molecule has 0 atom stereocenters. The van der Waals surface area contributed by atoms with E-state index in [1.54, 1.807) is 0 Å². The predicted octanol–water partition coefficient (Wildman–Crippen LogP) is 2.52. The fourth-order valence-electron chi connectivity index (χ4n) is 1.39. The van der Waals surface area contributed by atoms with E-state index in [0.29, 0.717) is 11.7 Å². The molecule has 0 radical (unpaired) electrons. The summed E-state index contributed by atoms with van der Waals surface area (Å²) in [6.07, 6.45) is 9.14. The molecule has 0 spiro atoms. The van der Waals surface area contributed by atoms with Crippen LogP contribution in [0.3, 0.4) is 0 Å². The van der Waals surface area contributed by atoms with Crippen LogP contribution in [-0.2, 0) is 13.0 Å². The standard InChI is InChI=1S/C12H18ClN3/c1-3-5-7-11-15-10(12(13)16-11)9-14-8-6-4-2/h2,14H,3,5-9H2,1H3,(H,15,16). The molecule has 0 fully saturated rings. The highest BCUT2D eigenvalue weighted by Gasteiger charge is 2.06. The minimum Gasteiger partial charge on any atom is -0.344 e. The molecule has 0 aliphatic rings. The summed E-state index contributed by atoms with van der Waals surface area (Å²) in [5.74, 6) is 3.55. The van der Waals surface area contributed by atoms with Crippen molar-refractivity contribution in [2.45, 2.75) is 39.2 Å². The van der Waals surface area contributed by atoms with Crippen molar-refractivity contribution in [2.24, 2.45) is 0 Å². The maximum Gasteiger partial charge on any atom is 0.151 e. The SMILES string of the molecule is C#CCCNCc1[nH]c(CCCC)nc1Cl. The molecule has 4 heteroatoms. The van der Waals surface area contributed by atoms with Crippen molar-refractivity contribution in [1.29, 1.82) is 0 Å². The number of aryl methyl sites for hydroxylation is 1. The van der Waals surface area contributed by atoms with Crippen molar-refractivity contribution in [3.05, 3.63) is 16.7 Å². The van der Waals surface area contributed by atoms with Crippen LogP contribution >= 0.6 is 11.6 Å². The molecule has 1 aromatic rings. The Balaban J connectivity index is 2.41. The first-order chi connectivity index (χ1) is 7.77. The Kier molecular flexibility index (Phi) is 5.99. The van der Waals surface area contributed by atoms with E-state index in [4.69, 9.17) is 18.0 Å². The minimum atomic E-state index is 0.569. The summed E-state index contributed by atoms with van der Waals surface area (Å²) in [6.45, 7) is 3.66. The molecule has 1 rings (SSSR count). The smallest absolute Gasteiger partial charge is 0.151 e. The number of aromatic amines is 1. The molecule has 1 heterocycles. The highest BCUT2D eigenvalue weighted by Crippen LogP contribution is 2.13. The van der Waals surface area contributed by atoms with E-state index in [1.807, 2.05) is 0 Å². The van der Waals surface area contributed by atoms with E-state index in [1.165, 1.54) is 0 Å². The number of nitrogens with zero attached hydrogens (tertiary/aromatic N) is 1. The molecule has 0 bridgehead atoms. The Labute approximate surface area is 102 Å². The zero-order chi connectivity index (χ0) is 11.8. The minimum absolute atomic E-state index is 0.569. The monoisotopic (exact) mass is 239 g/mol. The molecule has 0 unspecified atom stereocenters. The highest BCUT2D eigenvalue weighted by molar-refractivity contribution is 6.30. The Hall–Kier alpha value is -0.980. The van der Waals surface area contributed by atoms with Crippen LogP contribution in [0.5, 0.6) is 0 Å². The van der Waals surface area contributed by atoms with Gasteiger partial charge in [-0.2, -0.15) is 0 Å². The Bertz CT molecular complexity index is 352. The predicted molar refractivity (Wildman–Crippen MR) is 67.4 cm³/mol. The lowest BCUT2D eigenvalue weighted by Gasteiger charge is -1.99. The normalized spacial score (nSPS) is 10.3. The molecule has 88 valence electrons. The summed E-state index contributed by atoms with van der Waals surface area (Å²) in [7, 11) is 0. The van der Waals surface area contributed by atoms with Crippen LogP contribution in [0.15, 0.2) is 0 Å².